The standard InChI is InChI=1S/C21H19FN2O5S/c1-28-16-9-5-7-14(18(16)29-2)19(25)23-10-11-24-20(26)17(30-21(24)27)12-13-6-3-4-8-15(13)22/h3-9,12H,10-11H2,1-2H3,(H,23,25)/b17-12-. The van der Waals surface area contributed by atoms with E-state index in [-0.39, 0.29) is 34.9 Å². The molecule has 0 spiro atoms. The fourth-order valence-corrected chi connectivity index (χ4v) is 3.72. The SMILES string of the molecule is COc1cccc(C(=O)NCCN2C(=O)S/C(=C\c3ccccc3F)C2=O)c1OC. The molecule has 1 N–H and O–H groups in total. The molecular weight excluding hydrogens is 411 g/mol. The van der Waals surface area contributed by atoms with E-state index in [4.69, 9.17) is 9.47 Å². The lowest BCUT2D eigenvalue weighted by molar-refractivity contribution is -0.122. The van der Waals surface area contributed by atoms with Crippen LogP contribution in [0.1, 0.15) is 15.9 Å². The molecule has 30 heavy (non-hydrogen) atoms. The number of para-hydroxylation sites is 1. The van der Waals surface area contributed by atoms with Gasteiger partial charge >= 0.3 is 0 Å². The first kappa shape index (κ1) is 21.4. The van der Waals surface area contributed by atoms with E-state index >= 15 is 0 Å². The summed E-state index contributed by atoms with van der Waals surface area (Å²) >= 11 is 0.734. The first-order valence-corrected chi connectivity index (χ1v) is 9.77. The lowest BCUT2D eigenvalue weighted by atomic mass is 10.1. The van der Waals surface area contributed by atoms with Crippen molar-refractivity contribution in [3.63, 3.8) is 0 Å². The molecule has 3 rings (SSSR count). The smallest absolute Gasteiger partial charge is 0.293 e. The Labute approximate surface area is 176 Å². The van der Waals surface area contributed by atoms with Crippen LogP contribution < -0.4 is 14.8 Å². The molecule has 0 aliphatic carbocycles. The normalized spacial score (nSPS) is 14.9. The van der Waals surface area contributed by atoms with E-state index in [1.807, 2.05) is 0 Å². The van der Waals surface area contributed by atoms with Gasteiger partial charge in [0.15, 0.2) is 11.5 Å². The van der Waals surface area contributed by atoms with Gasteiger partial charge in [0.1, 0.15) is 5.82 Å². The summed E-state index contributed by atoms with van der Waals surface area (Å²) in [6.45, 7) is 0.0293. The third kappa shape index (κ3) is 4.46. The average Bonchev–Trinajstić information content (AvgIpc) is 3.01. The number of hydrogen-bond donors (Lipinski definition) is 1. The molecule has 0 unspecified atom stereocenters. The topological polar surface area (TPSA) is 84.9 Å². The van der Waals surface area contributed by atoms with E-state index in [0.717, 1.165) is 16.7 Å². The van der Waals surface area contributed by atoms with Crippen LogP contribution in [0.3, 0.4) is 0 Å². The van der Waals surface area contributed by atoms with Gasteiger partial charge in [-0.3, -0.25) is 19.3 Å². The van der Waals surface area contributed by atoms with E-state index in [9.17, 15) is 18.8 Å². The van der Waals surface area contributed by atoms with Crippen LogP contribution in [-0.2, 0) is 4.79 Å². The van der Waals surface area contributed by atoms with Gasteiger partial charge in [-0.05, 0) is 36.0 Å². The van der Waals surface area contributed by atoms with Crippen LogP contribution >= 0.6 is 11.8 Å². The number of carbonyl (C=O) groups is 3. The molecule has 1 saturated heterocycles. The second-order valence-electron chi connectivity index (χ2n) is 6.15. The summed E-state index contributed by atoms with van der Waals surface area (Å²) in [6.07, 6.45) is 1.35. The van der Waals surface area contributed by atoms with Crippen LogP contribution in [0, 0.1) is 5.82 Å². The number of hydrogen-bond acceptors (Lipinski definition) is 6. The zero-order valence-electron chi connectivity index (χ0n) is 16.3. The molecule has 156 valence electrons. The van der Waals surface area contributed by atoms with E-state index in [1.54, 1.807) is 30.3 Å². The number of nitrogens with zero attached hydrogens (tertiary/aromatic N) is 1. The van der Waals surface area contributed by atoms with Crippen LogP contribution in [-0.4, -0.2) is 49.3 Å². The van der Waals surface area contributed by atoms with Gasteiger partial charge in [0, 0.05) is 18.7 Å². The molecule has 1 heterocycles. The first-order valence-electron chi connectivity index (χ1n) is 8.95. The Balaban J connectivity index is 1.64. The van der Waals surface area contributed by atoms with Crippen molar-refractivity contribution in [1.82, 2.24) is 10.2 Å². The van der Waals surface area contributed by atoms with Gasteiger partial charge < -0.3 is 14.8 Å². The van der Waals surface area contributed by atoms with E-state index in [1.165, 1.54) is 32.4 Å². The minimum atomic E-state index is -0.526. The van der Waals surface area contributed by atoms with Crippen LogP contribution in [0.15, 0.2) is 47.4 Å². The molecular formula is C21H19FN2O5S. The van der Waals surface area contributed by atoms with E-state index < -0.39 is 22.9 Å². The summed E-state index contributed by atoms with van der Waals surface area (Å²) in [5.41, 5.74) is 0.492. The van der Waals surface area contributed by atoms with Crippen molar-refractivity contribution in [1.29, 1.82) is 0 Å². The van der Waals surface area contributed by atoms with Gasteiger partial charge in [-0.15, -0.1) is 0 Å². The number of imide groups is 1. The Morgan fingerprint density at radius 3 is 2.60 bits per heavy atom. The molecule has 0 radical (unpaired) electrons. The predicted octanol–water partition coefficient (Wildman–Crippen LogP) is 3.31. The van der Waals surface area contributed by atoms with Gasteiger partial charge in [0.05, 0.1) is 24.7 Å². The molecule has 0 bridgehead atoms. The van der Waals surface area contributed by atoms with Crippen molar-refractivity contribution in [2.24, 2.45) is 0 Å². The second-order valence-corrected chi connectivity index (χ2v) is 7.15. The van der Waals surface area contributed by atoms with Crippen molar-refractivity contribution >= 4 is 34.9 Å². The van der Waals surface area contributed by atoms with Gasteiger partial charge in [0.2, 0.25) is 0 Å². The lowest BCUT2D eigenvalue weighted by Gasteiger charge is -2.15. The number of nitrogens with one attached hydrogen (secondary N) is 1. The molecule has 1 fully saturated rings. The van der Waals surface area contributed by atoms with Gasteiger partial charge in [-0.25, -0.2) is 4.39 Å². The highest BCUT2D eigenvalue weighted by Gasteiger charge is 2.34. The number of ether oxygens (including phenoxy) is 2. The molecule has 2 aromatic rings. The Bertz CT molecular complexity index is 1020. The number of halogens is 1. The molecule has 7 nitrogen and oxygen atoms in total. The Morgan fingerprint density at radius 2 is 1.90 bits per heavy atom. The van der Waals surface area contributed by atoms with Crippen molar-refractivity contribution in [3.8, 4) is 11.5 Å². The summed E-state index contributed by atoms with van der Waals surface area (Å²) in [5.74, 6) is -0.740. The fraction of sp³-hybridized carbons (Fsp3) is 0.190. The Kier molecular flexibility index (Phi) is 6.73. The maximum Gasteiger partial charge on any atom is 0.293 e. The Hall–Kier alpha value is -3.33. The highest BCUT2D eigenvalue weighted by Crippen LogP contribution is 2.33. The number of benzene rings is 2. The number of carbonyl (C=O) groups excluding carboxylic acids is 3. The molecule has 1 aliphatic heterocycles. The van der Waals surface area contributed by atoms with Crippen LogP contribution in [0.5, 0.6) is 11.5 Å². The zero-order chi connectivity index (χ0) is 21.7. The summed E-state index contributed by atoms with van der Waals surface area (Å²) in [7, 11) is 2.89. The highest BCUT2D eigenvalue weighted by atomic mass is 32.2. The van der Waals surface area contributed by atoms with Crippen LogP contribution in [0.4, 0.5) is 9.18 Å². The Morgan fingerprint density at radius 1 is 1.13 bits per heavy atom. The predicted molar refractivity (Wildman–Crippen MR) is 111 cm³/mol. The lowest BCUT2D eigenvalue weighted by Crippen LogP contribution is -2.37. The summed E-state index contributed by atoms with van der Waals surface area (Å²) in [4.78, 5) is 38.3. The minimum absolute atomic E-state index is 0.0166. The number of methoxy groups -OCH3 is 2. The largest absolute Gasteiger partial charge is 0.493 e. The molecule has 0 saturated carbocycles. The summed E-state index contributed by atoms with van der Waals surface area (Å²) < 4.78 is 24.2. The number of rotatable bonds is 7. The van der Waals surface area contributed by atoms with Crippen molar-refractivity contribution in [2.45, 2.75) is 0 Å². The van der Waals surface area contributed by atoms with Crippen molar-refractivity contribution < 1.29 is 28.2 Å². The van der Waals surface area contributed by atoms with Crippen molar-refractivity contribution in [2.75, 3.05) is 27.3 Å². The average molecular weight is 430 g/mol. The summed E-state index contributed by atoms with van der Waals surface area (Å²) in [6, 6.07) is 10.9. The molecule has 9 heteroatoms. The molecule has 0 aromatic heterocycles. The second kappa shape index (κ2) is 9.45. The third-order valence-corrected chi connectivity index (χ3v) is 5.24. The number of thioether (sulfide) groups is 1. The molecule has 3 amide bonds. The maximum absolute atomic E-state index is 13.8. The minimum Gasteiger partial charge on any atom is -0.493 e. The van der Waals surface area contributed by atoms with E-state index in [2.05, 4.69) is 5.32 Å². The van der Waals surface area contributed by atoms with Gasteiger partial charge in [-0.2, -0.15) is 0 Å². The molecule has 1 aliphatic rings. The van der Waals surface area contributed by atoms with Gasteiger partial charge in [0.25, 0.3) is 17.1 Å². The van der Waals surface area contributed by atoms with Gasteiger partial charge in [-0.1, -0.05) is 24.3 Å². The van der Waals surface area contributed by atoms with E-state index in [0.29, 0.717) is 5.75 Å². The molecule has 2 aromatic carbocycles. The quantitative estimate of drug-likeness (QED) is 0.679. The molecule has 0 atom stereocenters. The third-order valence-electron chi connectivity index (χ3n) is 4.33. The number of amides is 3. The fourth-order valence-electron chi connectivity index (χ4n) is 2.87. The highest BCUT2D eigenvalue weighted by molar-refractivity contribution is 8.18. The zero-order valence-corrected chi connectivity index (χ0v) is 17.1. The van der Waals surface area contributed by atoms with Crippen molar-refractivity contribution in [3.05, 3.63) is 64.3 Å². The monoisotopic (exact) mass is 430 g/mol. The van der Waals surface area contributed by atoms with Crippen LogP contribution in [0.2, 0.25) is 0 Å². The summed E-state index contributed by atoms with van der Waals surface area (Å²) in [5, 5.41) is 2.18. The van der Waals surface area contributed by atoms with Crippen LogP contribution in [0.25, 0.3) is 6.08 Å². The maximum atomic E-state index is 13.8. The first-order chi connectivity index (χ1) is 14.5.